The normalized spacial score (nSPS) is 14.4. The summed E-state index contributed by atoms with van der Waals surface area (Å²) < 4.78 is 5.07. The summed E-state index contributed by atoms with van der Waals surface area (Å²) in [7, 11) is 0. The summed E-state index contributed by atoms with van der Waals surface area (Å²) in [5.41, 5.74) is 0.147. The minimum atomic E-state index is -0.421. The minimum absolute atomic E-state index is 0.147. The SMILES string of the molecule is CC(O)Cc1noc(CC(C)(C)C)n1. The fraction of sp³-hybridized carbons (Fsp3) is 0.800. The Morgan fingerprint density at radius 3 is 2.57 bits per heavy atom. The molecule has 4 heteroatoms. The molecule has 1 N–H and O–H groups in total. The number of hydrogen-bond donors (Lipinski definition) is 1. The Morgan fingerprint density at radius 2 is 2.07 bits per heavy atom. The van der Waals surface area contributed by atoms with Crippen LogP contribution in [0.5, 0.6) is 0 Å². The van der Waals surface area contributed by atoms with Gasteiger partial charge < -0.3 is 9.63 Å². The van der Waals surface area contributed by atoms with Crippen molar-refractivity contribution in [2.75, 3.05) is 0 Å². The Bertz CT molecular complexity index is 287. The van der Waals surface area contributed by atoms with E-state index in [9.17, 15) is 0 Å². The maximum absolute atomic E-state index is 9.13. The van der Waals surface area contributed by atoms with E-state index in [4.69, 9.17) is 9.63 Å². The monoisotopic (exact) mass is 198 g/mol. The lowest BCUT2D eigenvalue weighted by molar-refractivity contribution is 0.191. The average Bonchev–Trinajstić information content (AvgIpc) is 2.30. The van der Waals surface area contributed by atoms with Crippen molar-refractivity contribution in [1.29, 1.82) is 0 Å². The van der Waals surface area contributed by atoms with Gasteiger partial charge in [0.15, 0.2) is 5.82 Å². The van der Waals surface area contributed by atoms with Gasteiger partial charge in [0.05, 0.1) is 6.10 Å². The van der Waals surface area contributed by atoms with Crippen LogP contribution in [0.25, 0.3) is 0 Å². The molecule has 1 heterocycles. The third kappa shape index (κ3) is 3.87. The molecule has 0 aromatic carbocycles. The van der Waals surface area contributed by atoms with E-state index in [0.717, 1.165) is 6.42 Å². The van der Waals surface area contributed by atoms with Gasteiger partial charge in [-0.1, -0.05) is 25.9 Å². The molecule has 0 spiro atoms. The van der Waals surface area contributed by atoms with Gasteiger partial charge in [0.25, 0.3) is 0 Å². The van der Waals surface area contributed by atoms with Crippen LogP contribution in [0.15, 0.2) is 4.52 Å². The highest BCUT2D eigenvalue weighted by Crippen LogP contribution is 2.19. The average molecular weight is 198 g/mol. The number of nitrogens with zero attached hydrogens (tertiary/aromatic N) is 2. The zero-order valence-electron chi connectivity index (χ0n) is 9.24. The third-order valence-corrected chi connectivity index (χ3v) is 1.67. The van der Waals surface area contributed by atoms with Gasteiger partial charge in [-0.15, -0.1) is 0 Å². The van der Waals surface area contributed by atoms with Crippen molar-refractivity contribution in [3.63, 3.8) is 0 Å². The highest BCUT2D eigenvalue weighted by Gasteiger charge is 2.16. The number of aromatic nitrogens is 2. The molecule has 0 aliphatic rings. The molecular weight excluding hydrogens is 180 g/mol. The highest BCUT2D eigenvalue weighted by atomic mass is 16.5. The number of hydrogen-bond acceptors (Lipinski definition) is 4. The Labute approximate surface area is 84.3 Å². The molecule has 1 unspecified atom stereocenters. The molecule has 0 saturated heterocycles. The van der Waals surface area contributed by atoms with Crippen LogP contribution in [0.2, 0.25) is 0 Å². The molecule has 1 aromatic rings. The Morgan fingerprint density at radius 1 is 1.43 bits per heavy atom. The summed E-state index contributed by atoms with van der Waals surface area (Å²) >= 11 is 0. The minimum Gasteiger partial charge on any atom is -0.393 e. The lowest BCUT2D eigenvalue weighted by Crippen LogP contribution is -2.10. The van der Waals surface area contributed by atoms with Gasteiger partial charge in [-0.05, 0) is 12.3 Å². The fourth-order valence-corrected chi connectivity index (χ4v) is 1.16. The van der Waals surface area contributed by atoms with Gasteiger partial charge in [0.2, 0.25) is 5.89 Å². The third-order valence-electron chi connectivity index (χ3n) is 1.67. The maximum Gasteiger partial charge on any atom is 0.227 e. The van der Waals surface area contributed by atoms with Crippen molar-refractivity contribution in [3.8, 4) is 0 Å². The lowest BCUT2D eigenvalue weighted by Gasteiger charge is -2.13. The largest absolute Gasteiger partial charge is 0.393 e. The van der Waals surface area contributed by atoms with Gasteiger partial charge in [-0.2, -0.15) is 4.98 Å². The van der Waals surface area contributed by atoms with Crippen LogP contribution in [0.4, 0.5) is 0 Å². The summed E-state index contributed by atoms with van der Waals surface area (Å²) in [6, 6.07) is 0. The van der Waals surface area contributed by atoms with Crippen LogP contribution in [0, 0.1) is 5.41 Å². The molecule has 1 atom stereocenters. The first-order valence-electron chi connectivity index (χ1n) is 4.86. The zero-order chi connectivity index (χ0) is 10.8. The molecule has 0 radical (unpaired) electrons. The molecule has 0 aliphatic heterocycles. The van der Waals surface area contributed by atoms with Crippen molar-refractivity contribution in [2.45, 2.75) is 46.6 Å². The van der Waals surface area contributed by atoms with Crippen LogP contribution >= 0.6 is 0 Å². The van der Waals surface area contributed by atoms with Crippen molar-refractivity contribution in [1.82, 2.24) is 10.1 Å². The second kappa shape index (κ2) is 4.09. The number of aliphatic hydroxyl groups is 1. The summed E-state index contributed by atoms with van der Waals surface area (Å²) in [4.78, 5) is 4.20. The molecular formula is C10H18N2O2. The quantitative estimate of drug-likeness (QED) is 0.801. The van der Waals surface area contributed by atoms with E-state index in [1.54, 1.807) is 6.92 Å². The van der Waals surface area contributed by atoms with Gasteiger partial charge >= 0.3 is 0 Å². The van der Waals surface area contributed by atoms with E-state index in [-0.39, 0.29) is 5.41 Å². The molecule has 0 bridgehead atoms. The predicted molar refractivity (Wildman–Crippen MR) is 52.8 cm³/mol. The van der Waals surface area contributed by atoms with Crippen molar-refractivity contribution in [3.05, 3.63) is 11.7 Å². The lowest BCUT2D eigenvalue weighted by atomic mass is 9.92. The molecule has 0 saturated carbocycles. The first-order chi connectivity index (χ1) is 6.37. The number of rotatable bonds is 3. The van der Waals surface area contributed by atoms with E-state index >= 15 is 0 Å². The van der Waals surface area contributed by atoms with E-state index in [1.165, 1.54) is 0 Å². The van der Waals surface area contributed by atoms with Gasteiger partial charge in [0.1, 0.15) is 0 Å². The van der Waals surface area contributed by atoms with Crippen molar-refractivity contribution >= 4 is 0 Å². The Balaban J connectivity index is 2.60. The van der Waals surface area contributed by atoms with E-state index in [0.29, 0.717) is 18.1 Å². The summed E-state index contributed by atoms with van der Waals surface area (Å²) in [5.74, 6) is 1.23. The number of aliphatic hydroxyl groups excluding tert-OH is 1. The predicted octanol–water partition coefficient (Wildman–Crippen LogP) is 1.58. The smallest absolute Gasteiger partial charge is 0.227 e. The second-order valence-electron chi connectivity index (χ2n) is 4.89. The Kier molecular flexibility index (Phi) is 3.26. The topological polar surface area (TPSA) is 59.2 Å². The summed E-state index contributed by atoms with van der Waals surface area (Å²) in [6.45, 7) is 8.06. The maximum atomic E-state index is 9.13. The van der Waals surface area contributed by atoms with Crippen LogP contribution in [0.1, 0.15) is 39.4 Å². The van der Waals surface area contributed by atoms with Gasteiger partial charge in [0, 0.05) is 12.8 Å². The van der Waals surface area contributed by atoms with Crippen LogP contribution in [0.3, 0.4) is 0 Å². The second-order valence-corrected chi connectivity index (χ2v) is 4.89. The molecule has 1 aromatic heterocycles. The molecule has 0 amide bonds. The molecule has 4 nitrogen and oxygen atoms in total. The molecule has 1 rings (SSSR count). The summed E-state index contributed by atoms with van der Waals surface area (Å²) in [6.07, 6.45) is 0.795. The van der Waals surface area contributed by atoms with E-state index in [1.807, 2.05) is 0 Å². The zero-order valence-corrected chi connectivity index (χ0v) is 9.24. The van der Waals surface area contributed by atoms with E-state index < -0.39 is 6.10 Å². The molecule has 0 aliphatic carbocycles. The van der Waals surface area contributed by atoms with E-state index in [2.05, 4.69) is 30.9 Å². The summed E-state index contributed by atoms with van der Waals surface area (Å²) in [5, 5.41) is 12.9. The standard InChI is InChI=1S/C10H18N2O2/c1-7(13)5-8-11-9(14-12-8)6-10(2,3)4/h7,13H,5-6H2,1-4H3. The van der Waals surface area contributed by atoms with Crippen molar-refractivity contribution < 1.29 is 9.63 Å². The van der Waals surface area contributed by atoms with Crippen LogP contribution in [-0.4, -0.2) is 21.4 Å². The first-order valence-corrected chi connectivity index (χ1v) is 4.86. The first kappa shape index (κ1) is 11.2. The Hall–Kier alpha value is -0.900. The highest BCUT2D eigenvalue weighted by molar-refractivity contribution is 4.90. The van der Waals surface area contributed by atoms with Crippen molar-refractivity contribution in [2.24, 2.45) is 5.41 Å². The van der Waals surface area contributed by atoms with Gasteiger partial charge in [-0.3, -0.25) is 0 Å². The van der Waals surface area contributed by atoms with Gasteiger partial charge in [-0.25, -0.2) is 0 Å². The van der Waals surface area contributed by atoms with Crippen LogP contribution < -0.4 is 0 Å². The molecule has 0 fully saturated rings. The van der Waals surface area contributed by atoms with Crippen LogP contribution in [-0.2, 0) is 12.8 Å². The molecule has 14 heavy (non-hydrogen) atoms. The fourth-order valence-electron chi connectivity index (χ4n) is 1.16. The molecule has 80 valence electrons.